The van der Waals surface area contributed by atoms with Crippen LogP contribution in [0.4, 0.5) is 4.79 Å². The summed E-state index contributed by atoms with van der Waals surface area (Å²) in [6.07, 6.45) is 1.04. The van der Waals surface area contributed by atoms with Crippen molar-refractivity contribution in [1.29, 1.82) is 0 Å². The van der Waals surface area contributed by atoms with E-state index < -0.39 is 11.7 Å². The van der Waals surface area contributed by atoms with Gasteiger partial charge in [-0.15, -0.1) is 0 Å². The third-order valence-corrected chi connectivity index (χ3v) is 2.25. The normalized spacial score (nSPS) is 11.8. The van der Waals surface area contributed by atoms with Crippen LogP contribution in [0, 0.1) is 6.92 Å². The van der Waals surface area contributed by atoms with E-state index in [0.717, 1.165) is 11.1 Å². The van der Waals surface area contributed by atoms with Gasteiger partial charge in [0.05, 0.1) is 11.0 Å². The lowest BCUT2D eigenvalue weighted by atomic mass is 10.2. The maximum Gasteiger partial charge on any atom is 0.420 e. The molecule has 0 aliphatic heterocycles. The number of carbonyl (C=O) groups excluding carboxylic acids is 1. The molecule has 2 aromatic rings. The van der Waals surface area contributed by atoms with Crippen molar-refractivity contribution in [3.63, 3.8) is 0 Å². The van der Waals surface area contributed by atoms with Crippen LogP contribution in [-0.4, -0.2) is 21.2 Å². The van der Waals surface area contributed by atoms with E-state index in [1.165, 1.54) is 10.9 Å². The number of para-hydroxylation sites is 1. The molecule has 0 fully saturated rings. The van der Waals surface area contributed by atoms with Gasteiger partial charge in [-0.1, -0.05) is 12.1 Å². The summed E-state index contributed by atoms with van der Waals surface area (Å²) in [5.74, 6) is 0. The minimum Gasteiger partial charge on any atom is -0.443 e. The Kier molecular flexibility index (Phi) is 2.65. The Morgan fingerprint density at radius 2 is 2.12 bits per heavy atom. The number of aromatic nitrogens is 2. The molecular formula is C13H15N2O2. The predicted molar refractivity (Wildman–Crippen MR) is 65.8 cm³/mol. The van der Waals surface area contributed by atoms with Crippen LogP contribution in [0.1, 0.15) is 26.3 Å². The Hall–Kier alpha value is -1.84. The molecule has 0 atom stereocenters. The standard InChI is InChI=1S/C13H15N2O2/c1-9-6-5-7-10-11(9)14-8-15(10)12(16)17-13(2,3)4/h5-8H,1H2,2-4H3. The van der Waals surface area contributed by atoms with Gasteiger partial charge in [0.25, 0.3) is 0 Å². The zero-order chi connectivity index (χ0) is 12.6. The average Bonchev–Trinajstić information content (AvgIpc) is 2.60. The van der Waals surface area contributed by atoms with Gasteiger partial charge in [-0.2, -0.15) is 0 Å². The van der Waals surface area contributed by atoms with Gasteiger partial charge in [0.2, 0.25) is 0 Å². The highest BCUT2D eigenvalue weighted by atomic mass is 16.6. The summed E-state index contributed by atoms with van der Waals surface area (Å²) in [5.41, 5.74) is 1.71. The van der Waals surface area contributed by atoms with E-state index >= 15 is 0 Å². The van der Waals surface area contributed by atoms with E-state index in [2.05, 4.69) is 11.9 Å². The minimum absolute atomic E-state index is 0.425. The first-order valence-corrected chi connectivity index (χ1v) is 5.40. The number of benzene rings is 1. The molecule has 0 saturated heterocycles. The first kappa shape index (κ1) is 11.6. The van der Waals surface area contributed by atoms with Crippen molar-refractivity contribution >= 4 is 17.1 Å². The summed E-state index contributed by atoms with van der Waals surface area (Å²) in [5, 5.41) is 0. The number of fused-ring (bicyclic) bond motifs is 1. The Morgan fingerprint density at radius 3 is 2.76 bits per heavy atom. The van der Waals surface area contributed by atoms with Gasteiger partial charge in [0, 0.05) is 0 Å². The molecule has 1 aromatic heterocycles. The summed E-state index contributed by atoms with van der Waals surface area (Å²) in [6.45, 7) is 9.36. The Balaban J connectivity index is 2.43. The van der Waals surface area contributed by atoms with Crippen molar-refractivity contribution < 1.29 is 9.53 Å². The topological polar surface area (TPSA) is 44.1 Å². The van der Waals surface area contributed by atoms with Crippen LogP contribution >= 0.6 is 0 Å². The highest BCUT2D eigenvalue weighted by Gasteiger charge is 2.19. The van der Waals surface area contributed by atoms with E-state index in [0.29, 0.717) is 5.52 Å². The van der Waals surface area contributed by atoms with Crippen LogP contribution < -0.4 is 0 Å². The van der Waals surface area contributed by atoms with Crippen LogP contribution in [-0.2, 0) is 4.74 Å². The molecule has 0 aliphatic carbocycles. The van der Waals surface area contributed by atoms with E-state index in [-0.39, 0.29) is 0 Å². The van der Waals surface area contributed by atoms with Crippen molar-refractivity contribution in [2.45, 2.75) is 26.4 Å². The maximum atomic E-state index is 11.9. The second kappa shape index (κ2) is 3.87. The van der Waals surface area contributed by atoms with Gasteiger partial charge in [0.15, 0.2) is 0 Å². The lowest BCUT2D eigenvalue weighted by Gasteiger charge is -2.19. The summed E-state index contributed by atoms with van der Waals surface area (Å²) in [4.78, 5) is 16.1. The highest BCUT2D eigenvalue weighted by molar-refractivity contribution is 5.88. The first-order valence-electron chi connectivity index (χ1n) is 5.40. The van der Waals surface area contributed by atoms with Gasteiger partial charge >= 0.3 is 6.09 Å². The molecule has 89 valence electrons. The molecule has 2 rings (SSSR count). The molecule has 1 radical (unpaired) electrons. The number of rotatable bonds is 0. The molecule has 0 spiro atoms. The molecule has 0 saturated carbocycles. The quantitative estimate of drug-likeness (QED) is 0.700. The molecule has 4 heteroatoms. The van der Waals surface area contributed by atoms with E-state index in [9.17, 15) is 4.79 Å². The van der Waals surface area contributed by atoms with E-state index in [4.69, 9.17) is 4.74 Å². The summed E-state index contributed by atoms with van der Waals surface area (Å²) in [7, 11) is 0. The fourth-order valence-electron chi connectivity index (χ4n) is 1.56. The molecule has 1 heterocycles. The van der Waals surface area contributed by atoms with Gasteiger partial charge in [-0.3, -0.25) is 0 Å². The molecule has 0 aliphatic rings. The van der Waals surface area contributed by atoms with Crippen LogP contribution in [0.3, 0.4) is 0 Å². The predicted octanol–water partition coefficient (Wildman–Crippen LogP) is 3.00. The largest absolute Gasteiger partial charge is 0.443 e. The second-order valence-corrected chi connectivity index (χ2v) is 4.88. The summed E-state index contributed by atoms with van der Waals surface area (Å²) < 4.78 is 6.69. The fourth-order valence-corrected chi connectivity index (χ4v) is 1.56. The lowest BCUT2D eigenvalue weighted by molar-refractivity contribution is 0.0543. The van der Waals surface area contributed by atoms with Gasteiger partial charge in [-0.25, -0.2) is 14.3 Å². The molecule has 0 bridgehead atoms. The Bertz CT molecular complexity index is 564. The molecule has 0 N–H and O–H groups in total. The second-order valence-electron chi connectivity index (χ2n) is 4.88. The number of nitrogens with zero attached hydrogens (tertiary/aromatic N) is 2. The zero-order valence-electron chi connectivity index (χ0n) is 10.2. The SMILES string of the molecule is [CH2]c1cccc2c1ncn2C(=O)OC(C)(C)C. The van der Waals surface area contributed by atoms with E-state index in [1.807, 2.05) is 39.0 Å². The Labute approximate surface area is 100 Å². The van der Waals surface area contributed by atoms with E-state index in [1.54, 1.807) is 0 Å². The molecule has 0 amide bonds. The van der Waals surface area contributed by atoms with Crippen molar-refractivity contribution in [2.24, 2.45) is 0 Å². The zero-order valence-corrected chi connectivity index (χ0v) is 10.2. The summed E-state index contributed by atoms with van der Waals surface area (Å²) in [6, 6.07) is 5.52. The van der Waals surface area contributed by atoms with Gasteiger partial charge in [-0.05, 0) is 39.3 Å². The van der Waals surface area contributed by atoms with Gasteiger partial charge in [0.1, 0.15) is 11.9 Å². The van der Waals surface area contributed by atoms with Crippen molar-refractivity contribution in [3.05, 3.63) is 37.0 Å². The van der Waals surface area contributed by atoms with Crippen molar-refractivity contribution in [1.82, 2.24) is 9.55 Å². The van der Waals surface area contributed by atoms with Crippen molar-refractivity contribution in [3.8, 4) is 0 Å². The molecular weight excluding hydrogens is 216 g/mol. The van der Waals surface area contributed by atoms with Crippen LogP contribution in [0.5, 0.6) is 0 Å². The highest BCUT2D eigenvalue weighted by Crippen LogP contribution is 2.18. The number of ether oxygens (including phenoxy) is 1. The first-order chi connectivity index (χ1) is 7.88. The molecule has 0 unspecified atom stereocenters. The van der Waals surface area contributed by atoms with Crippen LogP contribution in [0.15, 0.2) is 24.5 Å². The van der Waals surface area contributed by atoms with Crippen LogP contribution in [0.2, 0.25) is 0 Å². The molecule has 17 heavy (non-hydrogen) atoms. The fraction of sp³-hybridized carbons (Fsp3) is 0.308. The lowest BCUT2D eigenvalue weighted by Crippen LogP contribution is -2.26. The average molecular weight is 231 g/mol. The molecule has 1 aromatic carbocycles. The van der Waals surface area contributed by atoms with Gasteiger partial charge < -0.3 is 4.74 Å². The maximum absolute atomic E-state index is 11.9. The van der Waals surface area contributed by atoms with Crippen molar-refractivity contribution in [2.75, 3.05) is 0 Å². The minimum atomic E-state index is -0.518. The molecule has 4 nitrogen and oxygen atoms in total. The third kappa shape index (κ3) is 2.30. The van der Waals surface area contributed by atoms with Crippen LogP contribution in [0.25, 0.3) is 11.0 Å². The number of hydrogen-bond donors (Lipinski definition) is 0. The summed E-state index contributed by atoms with van der Waals surface area (Å²) >= 11 is 0. The Morgan fingerprint density at radius 1 is 1.41 bits per heavy atom. The monoisotopic (exact) mass is 231 g/mol. The smallest absolute Gasteiger partial charge is 0.420 e. The number of imidazole rings is 1. The third-order valence-electron chi connectivity index (χ3n) is 2.25. The number of hydrogen-bond acceptors (Lipinski definition) is 3. The number of carbonyl (C=O) groups is 1.